The predicted molar refractivity (Wildman–Crippen MR) is 314 cm³/mol. The molecule has 0 saturated carbocycles. The van der Waals surface area contributed by atoms with E-state index in [2.05, 4.69) is 58.5 Å². The van der Waals surface area contributed by atoms with Crippen LogP contribution < -0.4 is 92.9 Å². The Balaban J connectivity index is 6.70. The van der Waals surface area contributed by atoms with Gasteiger partial charge in [0, 0.05) is 19.4 Å². The van der Waals surface area contributed by atoms with Crippen molar-refractivity contribution < 1.29 is 92.3 Å². The number of amides is 12. The lowest BCUT2D eigenvalue weighted by Crippen LogP contribution is -2.61. The van der Waals surface area contributed by atoms with Crippen molar-refractivity contribution in [1.82, 2.24) is 58.5 Å². The molecule has 0 heterocycles. The number of primary amides is 2. The highest BCUT2D eigenvalue weighted by molar-refractivity contribution is 6.00. The first-order valence-electron chi connectivity index (χ1n) is 28.8. The van der Waals surface area contributed by atoms with Crippen LogP contribution in [-0.2, 0) is 71.9 Å². The molecule has 13 atom stereocenters. The molecule has 0 aromatic carbocycles. The summed E-state index contributed by atoms with van der Waals surface area (Å²) in [4.78, 5) is 196. The Morgan fingerprint density at radius 3 is 1.28 bits per heavy atom. The topological polar surface area (TPSA) is 649 Å². The molecule has 0 spiro atoms. The molecule has 0 saturated heterocycles. The van der Waals surface area contributed by atoms with Gasteiger partial charge in [0.1, 0.15) is 60.4 Å². The van der Waals surface area contributed by atoms with E-state index in [1.54, 1.807) is 13.8 Å². The maximum absolute atomic E-state index is 14.0. The van der Waals surface area contributed by atoms with Crippen molar-refractivity contribution in [2.75, 3.05) is 19.6 Å². The number of aliphatic carboxylic acids is 3. The lowest BCUT2D eigenvalue weighted by Gasteiger charge is -2.28. The molecule has 37 nitrogen and oxygen atoms in total. The number of carbonyl (C=O) groups excluding carboxylic acids is 12. The number of unbranched alkanes of at least 4 members (excludes halogenated alkanes) is 2. The minimum Gasteiger partial charge on any atom is -0.481 e. The largest absolute Gasteiger partial charge is 0.481 e. The molecular weight excluding hydrogens is 1180 g/mol. The van der Waals surface area contributed by atoms with Crippen LogP contribution in [0.3, 0.4) is 0 Å². The van der Waals surface area contributed by atoms with Crippen LogP contribution in [0.5, 0.6) is 0 Å². The molecule has 0 aliphatic heterocycles. The van der Waals surface area contributed by atoms with Crippen LogP contribution in [0, 0.1) is 11.3 Å². The van der Waals surface area contributed by atoms with Crippen LogP contribution in [0.4, 0.5) is 0 Å². The number of aliphatic hydroxyl groups excluding tert-OH is 1. The SMILES string of the molecule is CC[C@H](C)[C@H](NC(=O)[C@@H](N)CCCCN)C(=O)N[C@@H](CC(=O)O)C(=O)N[C@@H](CCC(=O)O)C(=O)N[C@@H](C)C(=O)N[C@@H](CC(N)=O)C(=O)N[C@@H](CCC(N)=O)C(=O)N[C@@H](CCCNC(=N)N)C(=O)N[C@@H](C)C(=O)N[C@H](C(=O)N[C@@H](CCCCN)C(=O)O)[C@@H](C)O. The highest BCUT2D eigenvalue weighted by Crippen LogP contribution is 2.12. The molecule has 0 bridgehead atoms. The maximum Gasteiger partial charge on any atom is 0.326 e. The first kappa shape index (κ1) is 80.2. The van der Waals surface area contributed by atoms with E-state index in [4.69, 9.17) is 39.8 Å². The number of hydrogen-bond acceptors (Lipinski definition) is 20. The van der Waals surface area contributed by atoms with Crippen LogP contribution in [0.1, 0.15) is 131 Å². The molecule has 0 aliphatic carbocycles. The Morgan fingerprint density at radius 2 is 0.831 bits per heavy atom. The van der Waals surface area contributed by atoms with E-state index < -0.39 is 212 Å². The first-order valence-corrected chi connectivity index (χ1v) is 28.8. The molecule has 0 radical (unpaired) electrons. The van der Waals surface area contributed by atoms with Crippen molar-refractivity contribution in [2.24, 2.45) is 40.3 Å². The van der Waals surface area contributed by atoms with Gasteiger partial charge in [0.2, 0.25) is 70.9 Å². The van der Waals surface area contributed by atoms with Gasteiger partial charge in [-0.3, -0.25) is 72.5 Å². The van der Waals surface area contributed by atoms with Crippen molar-refractivity contribution in [3.05, 3.63) is 0 Å². The minimum atomic E-state index is -1.98. The summed E-state index contributed by atoms with van der Waals surface area (Å²) in [6.07, 6.45) is -4.30. The number of carboxylic acid groups (broad SMARTS) is 3. The minimum absolute atomic E-state index is 0.0111. The summed E-state index contributed by atoms with van der Waals surface area (Å²) in [5.41, 5.74) is 33.1. The fraction of sp³-hybridized carbons (Fsp3) is 0.692. The molecule has 28 N–H and O–H groups in total. The number of guanidine groups is 1. The highest BCUT2D eigenvalue weighted by atomic mass is 16.4. The molecule has 0 unspecified atom stereocenters. The average Bonchev–Trinajstić information content (AvgIpc) is 1.86. The molecule has 504 valence electrons. The van der Waals surface area contributed by atoms with Gasteiger partial charge in [0.05, 0.1) is 25.0 Å². The molecular formula is C52H92N18O19. The van der Waals surface area contributed by atoms with Crippen molar-refractivity contribution in [3.8, 4) is 0 Å². The molecule has 0 fully saturated rings. The smallest absolute Gasteiger partial charge is 0.326 e. The van der Waals surface area contributed by atoms with Crippen LogP contribution in [0.15, 0.2) is 0 Å². The second kappa shape index (κ2) is 42.1. The van der Waals surface area contributed by atoms with Crippen LogP contribution in [-0.4, -0.2) is 207 Å². The standard InChI is InChI=1S/C52H92N18O19/c1-6-24(2)39(69-43(80)28(55)12-7-9-19-53)49(86)68-34(23-38(76)77)48(85)65-31(16-18-37(74)75)45(82)61-25(3)41(78)67-33(22-36(57)73)47(84)64-30(15-17-35(56)72)46(83)63-29(14-11-21-60-52(58)59)44(81)62-26(4)42(79)70-40(27(5)71)50(87)66-32(51(88)89)13-8-10-20-54/h24-34,39-40,71H,6-23,53-55H2,1-5H3,(H2,56,72)(H2,57,73)(H,61,82)(H,62,81)(H,63,83)(H,64,84)(H,65,85)(H,66,87)(H,67,78)(H,68,86)(H,69,80)(H,70,79)(H,74,75)(H,76,77)(H,88,89)(H4,58,59,60)/t24-,25-,26-,27+,28-,29-,30-,31-,32-,33-,34-,39-,40-/m0/s1. The van der Waals surface area contributed by atoms with E-state index >= 15 is 0 Å². The zero-order chi connectivity index (χ0) is 68.2. The summed E-state index contributed by atoms with van der Waals surface area (Å²) < 4.78 is 0. The van der Waals surface area contributed by atoms with Crippen molar-refractivity contribution >= 4 is 94.8 Å². The summed E-state index contributed by atoms with van der Waals surface area (Å²) >= 11 is 0. The number of nitrogens with one attached hydrogen (secondary N) is 12. The van der Waals surface area contributed by atoms with E-state index in [9.17, 15) is 92.3 Å². The predicted octanol–water partition coefficient (Wildman–Crippen LogP) is -8.29. The van der Waals surface area contributed by atoms with Gasteiger partial charge < -0.3 is 113 Å². The number of carboxylic acids is 3. The van der Waals surface area contributed by atoms with Crippen LogP contribution >= 0.6 is 0 Å². The highest BCUT2D eigenvalue weighted by Gasteiger charge is 2.37. The molecule has 0 rings (SSSR count). The summed E-state index contributed by atoms with van der Waals surface area (Å²) in [5.74, 6) is -19.0. The molecule has 0 aromatic heterocycles. The Kier molecular flexibility index (Phi) is 37.9. The zero-order valence-corrected chi connectivity index (χ0v) is 50.6. The van der Waals surface area contributed by atoms with Gasteiger partial charge in [0.15, 0.2) is 5.96 Å². The van der Waals surface area contributed by atoms with E-state index in [1.165, 1.54) is 0 Å². The Morgan fingerprint density at radius 1 is 0.427 bits per heavy atom. The van der Waals surface area contributed by atoms with Gasteiger partial charge in [-0.25, -0.2) is 4.79 Å². The Labute approximate surface area is 513 Å². The number of rotatable bonds is 46. The summed E-state index contributed by atoms with van der Waals surface area (Å²) in [6, 6.07) is -18.0. The number of hydrogen-bond donors (Lipinski definition) is 22. The van der Waals surface area contributed by atoms with Crippen molar-refractivity contribution in [2.45, 2.75) is 203 Å². The van der Waals surface area contributed by atoms with Crippen LogP contribution in [0.2, 0.25) is 0 Å². The fourth-order valence-electron chi connectivity index (χ4n) is 8.12. The van der Waals surface area contributed by atoms with Gasteiger partial charge in [0.25, 0.3) is 0 Å². The normalized spacial score (nSPS) is 15.3. The number of nitrogens with two attached hydrogens (primary N) is 6. The summed E-state index contributed by atoms with van der Waals surface area (Å²) in [7, 11) is 0. The Bertz CT molecular complexity index is 2470. The molecule has 89 heavy (non-hydrogen) atoms. The Hall–Kier alpha value is -8.84. The second-order valence-electron chi connectivity index (χ2n) is 21.1. The van der Waals surface area contributed by atoms with Gasteiger partial charge >= 0.3 is 17.9 Å². The lowest BCUT2D eigenvalue weighted by molar-refractivity contribution is -0.143. The molecule has 12 amide bonds. The third kappa shape index (κ3) is 32.6. The average molecular weight is 1270 g/mol. The monoisotopic (exact) mass is 1270 g/mol. The quantitative estimate of drug-likeness (QED) is 0.0153. The third-order valence-electron chi connectivity index (χ3n) is 13.5. The van der Waals surface area contributed by atoms with Crippen LogP contribution in [0.25, 0.3) is 0 Å². The molecule has 0 aromatic rings. The molecule has 0 aliphatic rings. The summed E-state index contributed by atoms with van der Waals surface area (Å²) in [6.45, 7) is 7.15. The van der Waals surface area contributed by atoms with E-state index in [-0.39, 0.29) is 38.8 Å². The van der Waals surface area contributed by atoms with Gasteiger partial charge in [-0.2, -0.15) is 0 Å². The maximum atomic E-state index is 14.0. The first-order chi connectivity index (χ1) is 41.6. The van der Waals surface area contributed by atoms with Gasteiger partial charge in [-0.05, 0) is 97.6 Å². The lowest BCUT2D eigenvalue weighted by atomic mass is 9.97. The van der Waals surface area contributed by atoms with Gasteiger partial charge in [-0.15, -0.1) is 0 Å². The number of aliphatic hydroxyl groups is 1. The van der Waals surface area contributed by atoms with E-state index in [0.717, 1.165) is 20.8 Å². The number of carbonyl (C=O) groups is 15. The third-order valence-corrected chi connectivity index (χ3v) is 13.5. The van der Waals surface area contributed by atoms with E-state index in [0.29, 0.717) is 38.6 Å². The summed E-state index contributed by atoms with van der Waals surface area (Å²) in [5, 5.41) is 71.8. The van der Waals surface area contributed by atoms with Crippen molar-refractivity contribution in [3.63, 3.8) is 0 Å². The second-order valence-corrected chi connectivity index (χ2v) is 21.1. The van der Waals surface area contributed by atoms with E-state index in [1.807, 2.05) is 0 Å². The fourth-order valence-corrected chi connectivity index (χ4v) is 8.12. The van der Waals surface area contributed by atoms with Gasteiger partial charge in [-0.1, -0.05) is 26.7 Å². The van der Waals surface area contributed by atoms with Crippen molar-refractivity contribution in [1.29, 1.82) is 5.41 Å². The molecule has 37 heteroatoms. The zero-order valence-electron chi connectivity index (χ0n) is 50.6.